The Morgan fingerprint density at radius 1 is 1.08 bits per heavy atom. The molecule has 0 N–H and O–H groups in total. The fourth-order valence-corrected chi connectivity index (χ4v) is 2.54. The lowest BCUT2D eigenvalue weighted by atomic mass is 10.0. The number of pyridine rings is 1. The molecule has 3 aromatic rings. The summed E-state index contributed by atoms with van der Waals surface area (Å²) in [5.41, 5.74) is 2.02. The van der Waals surface area contributed by atoms with E-state index in [1.165, 1.54) is 4.90 Å². The number of ether oxygens (including phenoxy) is 2. The number of hydrogen-bond acceptors (Lipinski definition) is 4. The smallest absolute Gasteiger partial charge is 0.259 e. The zero-order chi connectivity index (χ0) is 17.8. The summed E-state index contributed by atoms with van der Waals surface area (Å²) in [6, 6.07) is 13.9. The second kappa shape index (κ2) is 7.21. The van der Waals surface area contributed by atoms with E-state index in [9.17, 15) is 4.79 Å². The molecule has 0 saturated heterocycles. The van der Waals surface area contributed by atoms with Crippen molar-refractivity contribution in [2.45, 2.75) is 0 Å². The van der Waals surface area contributed by atoms with Gasteiger partial charge in [-0.25, -0.2) is 0 Å². The van der Waals surface area contributed by atoms with Crippen molar-refractivity contribution >= 4 is 16.7 Å². The summed E-state index contributed by atoms with van der Waals surface area (Å²) >= 11 is 0. The standard InChI is InChI=1S/C20H20N2O3/c1-22(2)20(23)13-25-17-7-6-14-4-5-15(10-16(14)11-17)18-8-9-21-12-19(18)24-3/h4-12H,13H2,1-3H3. The minimum atomic E-state index is -0.0737. The van der Waals surface area contributed by atoms with Gasteiger partial charge in [0.25, 0.3) is 5.91 Å². The highest BCUT2D eigenvalue weighted by atomic mass is 16.5. The van der Waals surface area contributed by atoms with Crippen LogP contribution in [0, 0.1) is 0 Å². The molecule has 1 heterocycles. The lowest BCUT2D eigenvalue weighted by Gasteiger charge is -2.12. The molecule has 0 saturated carbocycles. The number of hydrogen-bond donors (Lipinski definition) is 0. The maximum Gasteiger partial charge on any atom is 0.259 e. The third kappa shape index (κ3) is 3.71. The van der Waals surface area contributed by atoms with E-state index in [4.69, 9.17) is 9.47 Å². The van der Waals surface area contributed by atoms with Gasteiger partial charge in [0.2, 0.25) is 0 Å². The van der Waals surface area contributed by atoms with Crippen molar-refractivity contribution in [1.82, 2.24) is 9.88 Å². The molecule has 5 heteroatoms. The van der Waals surface area contributed by atoms with Gasteiger partial charge in [0, 0.05) is 25.9 Å². The Kier molecular flexibility index (Phi) is 4.84. The van der Waals surface area contributed by atoms with Gasteiger partial charge in [-0.2, -0.15) is 0 Å². The van der Waals surface area contributed by atoms with Crippen LogP contribution >= 0.6 is 0 Å². The Labute approximate surface area is 146 Å². The predicted molar refractivity (Wildman–Crippen MR) is 97.9 cm³/mol. The van der Waals surface area contributed by atoms with Crippen LogP contribution in [0.1, 0.15) is 0 Å². The van der Waals surface area contributed by atoms with Crippen molar-refractivity contribution in [3.63, 3.8) is 0 Å². The number of rotatable bonds is 5. The average molecular weight is 336 g/mol. The molecule has 5 nitrogen and oxygen atoms in total. The molecule has 0 fully saturated rings. The van der Waals surface area contributed by atoms with E-state index < -0.39 is 0 Å². The minimum absolute atomic E-state index is 0.0242. The van der Waals surface area contributed by atoms with Crippen molar-refractivity contribution < 1.29 is 14.3 Å². The van der Waals surface area contributed by atoms with Gasteiger partial charge in [0.1, 0.15) is 11.5 Å². The molecule has 0 atom stereocenters. The summed E-state index contributed by atoms with van der Waals surface area (Å²) in [7, 11) is 5.05. The van der Waals surface area contributed by atoms with Gasteiger partial charge < -0.3 is 14.4 Å². The van der Waals surface area contributed by atoms with Crippen LogP contribution in [0.15, 0.2) is 54.9 Å². The van der Waals surface area contributed by atoms with Crippen LogP contribution in [0.3, 0.4) is 0 Å². The van der Waals surface area contributed by atoms with Crippen molar-refractivity contribution in [3.05, 3.63) is 54.9 Å². The summed E-state index contributed by atoms with van der Waals surface area (Å²) in [4.78, 5) is 17.3. The number of amides is 1. The summed E-state index contributed by atoms with van der Waals surface area (Å²) in [5, 5.41) is 2.13. The van der Waals surface area contributed by atoms with E-state index in [0.717, 1.165) is 27.6 Å². The van der Waals surface area contributed by atoms with Crippen molar-refractivity contribution in [2.24, 2.45) is 0 Å². The topological polar surface area (TPSA) is 51.7 Å². The highest BCUT2D eigenvalue weighted by Crippen LogP contribution is 2.32. The van der Waals surface area contributed by atoms with Crippen molar-refractivity contribution in [3.8, 4) is 22.6 Å². The number of benzene rings is 2. The Bertz CT molecular complexity index is 906. The van der Waals surface area contributed by atoms with Gasteiger partial charge in [0.05, 0.1) is 13.3 Å². The number of aromatic nitrogens is 1. The zero-order valence-corrected chi connectivity index (χ0v) is 14.5. The second-order valence-electron chi connectivity index (χ2n) is 5.88. The third-order valence-electron chi connectivity index (χ3n) is 3.99. The quantitative estimate of drug-likeness (QED) is 0.717. The molecule has 0 unspecified atom stereocenters. The monoisotopic (exact) mass is 336 g/mol. The van der Waals surface area contributed by atoms with E-state index in [0.29, 0.717) is 5.75 Å². The van der Waals surface area contributed by atoms with Crippen LogP contribution in [0.25, 0.3) is 21.9 Å². The van der Waals surface area contributed by atoms with Crippen LogP contribution < -0.4 is 9.47 Å². The van der Waals surface area contributed by atoms with Crippen LogP contribution in [0.4, 0.5) is 0 Å². The van der Waals surface area contributed by atoms with Crippen LogP contribution in [0.2, 0.25) is 0 Å². The largest absolute Gasteiger partial charge is 0.494 e. The lowest BCUT2D eigenvalue weighted by Crippen LogP contribution is -2.27. The van der Waals surface area contributed by atoms with Gasteiger partial charge in [0.15, 0.2) is 6.61 Å². The summed E-state index contributed by atoms with van der Waals surface area (Å²) < 4.78 is 11.0. The first-order chi connectivity index (χ1) is 12.1. The molecule has 0 spiro atoms. The molecule has 1 amide bonds. The SMILES string of the molecule is COc1cnccc1-c1ccc2ccc(OCC(=O)N(C)C)cc2c1. The molecule has 0 aliphatic heterocycles. The molecule has 3 rings (SSSR count). The fraction of sp³-hybridized carbons (Fsp3) is 0.200. The summed E-state index contributed by atoms with van der Waals surface area (Å²) in [5.74, 6) is 1.32. The molecule has 25 heavy (non-hydrogen) atoms. The highest BCUT2D eigenvalue weighted by Gasteiger charge is 2.08. The summed E-state index contributed by atoms with van der Waals surface area (Å²) in [6.07, 6.45) is 3.44. The first-order valence-electron chi connectivity index (χ1n) is 7.93. The average Bonchev–Trinajstić information content (AvgIpc) is 2.65. The highest BCUT2D eigenvalue weighted by molar-refractivity contribution is 5.89. The number of fused-ring (bicyclic) bond motifs is 1. The van der Waals surface area contributed by atoms with Gasteiger partial charge in [-0.1, -0.05) is 18.2 Å². The molecular formula is C20H20N2O3. The molecule has 0 bridgehead atoms. The van der Waals surface area contributed by atoms with Gasteiger partial charge >= 0.3 is 0 Å². The van der Waals surface area contributed by atoms with Crippen molar-refractivity contribution in [1.29, 1.82) is 0 Å². The normalized spacial score (nSPS) is 10.5. The molecule has 0 aliphatic rings. The van der Waals surface area contributed by atoms with E-state index in [-0.39, 0.29) is 12.5 Å². The Morgan fingerprint density at radius 3 is 2.64 bits per heavy atom. The molecule has 1 aromatic heterocycles. The van der Waals surface area contributed by atoms with Crippen LogP contribution in [0.5, 0.6) is 11.5 Å². The van der Waals surface area contributed by atoms with E-state index >= 15 is 0 Å². The maximum atomic E-state index is 11.7. The molecule has 0 aliphatic carbocycles. The number of nitrogens with zero attached hydrogens (tertiary/aromatic N) is 2. The van der Waals surface area contributed by atoms with Gasteiger partial charge in [-0.15, -0.1) is 0 Å². The number of likely N-dealkylation sites (N-methyl/N-ethyl adjacent to an activating group) is 1. The van der Waals surface area contributed by atoms with Crippen LogP contribution in [-0.2, 0) is 4.79 Å². The molecule has 128 valence electrons. The Balaban J connectivity index is 1.92. The second-order valence-corrected chi connectivity index (χ2v) is 5.88. The summed E-state index contributed by atoms with van der Waals surface area (Å²) in [6.45, 7) is 0.0242. The number of methoxy groups -OCH3 is 1. The number of carbonyl (C=O) groups is 1. The molecule has 0 radical (unpaired) electrons. The minimum Gasteiger partial charge on any atom is -0.494 e. The first kappa shape index (κ1) is 16.8. The fourth-order valence-electron chi connectivity index (χ4n) is 2.54. The van der Waals surface area contributed by atoms with E-state index in [2.05, 4.69) is 23.2 Å². The lowest BCUT2D eigenvalue weighted by molar-refractivity contribution is -0.130. The number of carbonyl (C=O) groups excluding carboxylic acids is 1. The molecule has 2 aromatic carbocycles. The molecular weight excluding hydrogens is 316 g/mol. The van der Waals surface area contributed by atoms with Crippen LogP contribution in [-0.4, -0.2) is 43.6 Å². The zero-order valence-electron chi connectivity index (χ0n) is 14.5. The van der Waals surface area contributed by atoms with Gasteiger partial charge in [-0.05, 0) is 40.6 Å². The van der Waals surface area contributed by atoms with Gasteiger partial charge in [-0.3, -0.25) is 9.78 Å². The van der Waals surface area contributed by atoms with E-state index in [1.807, 2.05) is 24.3 Å². The van der Waals surface area contributed by atoms with Crippen molar-refractivity contribution in [2.75, 3.05) is 27.8 Å². The third-order valence-corrected chi connectivity index (χ3v) is 3.99. The first-order valence-corrected chi connectivity index (χ1v) is 7.93. The Hall–Kier alpha value is -3.08. The maximum absolute atomic E-state index is 11.7. The van der Waals surface area contributed by atoms with E-state index in [1.54, 1.807) is 33.6 Å². The Morgan fingerprint density at radius 2 is 1.88 bits per heavy atom. The predicted octanol–water partition coefficient (Wildman–Crippen LogP) is 3.38.